The Hall–Kier alpha value is -3.00. The molecule has 5 heteroatoms. The molecule has 5 nitrogen and oxygen atoms in total. The summed E-state index contributed by atoms with van der Waals surface area (Å²) in [6.07, 6.45) is 3.42. The van der Waals surface area contributed by atoms with Gasteiger partial charge in [0.1, 0.15) is 17.6 Å². The molecule has 0 bridgehead atoms. The van der Waals surface area contributed by atoms with Gasteiger partial charge in [0.15, 0.2) is 0 Å². The third-order valence-corrected chi connectivity index (χ3v) is 4.72. The smallest absolute Gasteiger partial charge is 0.251 e. The minimum Gasteiger partial charge on any atom is -0.506 e. The predicted molar refractivity (Wildman–Crippen MR) is 98.1 cm³/mol. The van der Waals surface area contributed by atoms with E-state index in [9.17, 15) is 9.90 Å². The van der Waals surface area contributed by atoms with Crippen LogP contribution in [0.2, 0.25) is 0 Å². The van der Waals surface area contributed by atoms with Gasteiger partial charge >= 0.3 is 0 Å². The molecule has 1 fully saturated rings. The van der Waals surface area contributed by atoms with Crippen molar-refractivity contribution in [2.45, 2.75) is 44.8 Å². The molecule has 2 N–H and O–H groups in total. The summed E-state index contributed by atoms with van der Waals surface area (Å²) < 4.78 is 5.90. The summed E-state index contributed by atoms with van der Waals surface area (Å²) in [7, 11) is 0. The van der Waals surface area contributed by atoms with Crippen LogP contribution >= 0.6 is 0 Å². The highest BCUT2D eigenvalue weighted by Gasteiger charge is 2.24. The number of aromatic hydroxyl groups is 1. The lowest BCUT2D eigenvalue weighted by molar-refractivity contribution is 0.0893. The minimum atomic E-state index is -0.0657. The van der Waals surface area contributed by atoms with Crippen LogP contribution in [0.3, 0.4) is 0 Å². The first-order chi connectivity index (χ1) is 12.5. The quantitative estimate of drug-likeness (QED) is 0.881. The van der Waals surface area contributed by atoms with E-state index in [-0.39, 0.29) is 29.4 Å². The topological polar surface area (TPSA) is 82.3 Å². The summed E-state index contributed by atoms with van der Waals surface area (Å²) in [5, 5.41) is 21.7. The Kier molecular flexibility index (Phi) is 5.43. The molecule has 0 aliphatic heterocycles. The first-order valence-corrected chi connectivity index (χ1v) is 8.82. The van der Waals surface area contributed by atoms with Crippen molar-refractivity contribution in [3.05, 3.63) is 59.2 Å². The van der Waals surface area contributed by atoms with Crippen LogP contribution in [0.15, 0.2) is 42.5 Å². The van der Waals surface area contributed by atoms with Gasteiger partial charge in [0, 0.05) is 17.7 Å². The molecule has 0 saturated heterocycles. The maximum absolute atomic E-state index is 12.3. The molecule has 0 radical (unpaired) electrons. The molecule has 134 valence electrons. The molecule has 2 aromatic carbocycles. The van der Waals surface area contributed by atoms with Gasteiger partial charge in [0.05, 0.1) is 11.7 Å². The number of ether oxygens (including phenoxy) is 1. The van der Waals surface area contributed by atoms with E-state index >= 15 is 0 Å². The second kappa shape index (κ2) is 7.92. The molecule has 26 heavy (non-hydrogen) atoms. The van der Waals surface area contributed by atoms with E-state index in [1.54, 1.807) is 12.1 Å². The maximum atomic E-state index is 12.3. The zero-order valence-electron chi connectivity index (χ0n) is 14.7. The number of aryl methyl sites for hydroxylation is 1. The molecule has 1 amide bonds. The number of carbonyl (C=O) groups is 1. The van der Waals surface area contributed by atoms with Gasteiger partial charge in [-0.3, -0.25) is 4.79 Å². The first-order valence-electron chi connectivity index (χ1n) is 8.82. The summed E-state index contributed by atoms with van der Waals surface area (Å²) in [4.78, 5) is 12.3. The number of nitrogens with zero attached hydrogens (tertiary/aromatic N) is 1. The van der Waals surface area contributed by atoms with E-state index in [1.165, 1.54) is 6.07 Å². The van der Waals surface area contributed by atoms with Gasteiger partial charge in [-0.15, -0.1) is 0 Å². The molecule has 1 aliphatic rings. The maximum Gasteiger partial charge on any atom is 0.251 e. The van der Waals surface area contributed by atoms with Gasteiger partial charge in [-0.1, -0.05) is 17.7 Å². The lowest BCUT2D eigenvalue weighted by atomic mass is 9.92. The summed E-state index contributed by atoms with van der Waals surface area (Å²) in [6, 6.07) is 14.4. The number of hydrogen-bond donors (Lipinski definition) is 2. The monoisotopic (exact) mass is 350 g/mol. The van der Waals surface area contributed by atoms with Gasteiger partial charge in [-0.25, -0.2) is 0 Å². The molecule has 0 aromatic heterocycles. The van der Waals surface area contributed by atoms with Gasteiger partial charge in [0.2, 0.25) is 0 Å². The number of phenols is 1. The van der Waals surface area contributed by atoms with E-state index in [0.717, 1.165) is 31.2 Å². The Labute approximate surface area is 153 Å². The van der Waals surface area contributed by atoms with Crippen LogP contribution < -0.4 is 10.1 Å². The number of benzene rings is 2. The van der Waals surface area contributed by atoms with Crippen LogP contribution in [0, 0.1) is 18.3 Å². The second-order valence-corrected chi connectivity index (χ2v) is 6.72. The van der Waals surface area contributed by atoms with Crippen molar-refractivity contribution in [2.75, 3.05) is 0 Å². The highest BCUT2D eigenvalue weighted by Crippen LogP contribution is 2.27. The zero-order chi connectivity index (χ0) is 18.5. The number of phenolic OH excluding ortho intramolecular Hbond substituents is 1. The molecule has 0 unspecified atom stereocenters. The predicted octanol–water partition coefficient (Wildman–Crippen LogP) is 3.69. The molecular weight excluding hydrogens is 328 g/mol. The van der Waals surface area contributed by atoms with E-state index in [4.69, 9.17) is 10.00 Å². The lowest BCUT2D eigenvalue weighted by Gasteiger charge is -2.29. The van der Waals surface area contributed by atoms with Crippen molar-refractivity contribution < 1.29 is 14.6 Å². The average molecular weight is 350 g/mol. The molecule has 3 rings (SSSR count). The van der Waals surface area contributed by atoms with Crippen molar-refractivity contribution >= 4 is 5.91 Å². The number of nitriles is 1. The lowest BCUT2D eigenvalue weighted by Crippen LogP contribution is -2.39. The Morgan fingerprint density at radius 2 is 1.85 bits per heavy atom. The molecule has 0 spiro atoms. The van der Waals surface area contributed by atoms with E-state index in [2.05, 4.69) is 5.32 Å². The first kappa shape index (κ1) is 17.8. The van der Waals surface area contributed by atoms with E-state index in [0.29, 0.717) is 11.3 Å². The Morgan fingerprint density at radius 3 is 2.46 bits per heavy atom. The van der Waals surface area contributed by atoms with Crippen LogP contribution in [-0.2, 0) is 0 Å². The van der Waals surface area contributed by atoms with Crippen molar-refractivity contribution in [3.63, 3.8) is 0 Å². The summed E-state index contributed by atoms with van der Waals surface area (Å²) in [6.45, 7) is 2.00. The minimum absolute atomic E-state index is 0.0358. The molecule has 1 saturated carbocycles. The molecule has 2 aromatic rings. The fourth-order valence-corrected chi connectivity index (χ4v) is 3.17. The molecule has 0 heterocycles. The summed E-state index contributed by atoms with van der Waals surface area (Å²) in [5.41, 5.74) is 2.05. The number of nitrogens with one attached hydrogen (secondary N) is 1. The van der Waals surface area contributed by atoms with Crippen LogP contribution in [0.1, 0.15) is 47.2 Å². The van der Waals surface area contributed by atoms with Crippen LogP contribution in [-0.4, -0.2) is 23.2 Å². The van der Waals surface area contributed by atoms with Gasteiger partial charge in [-0.2, -0.15) is 5.26 Å². The Balaban J connectivity index is 1.49. The van der Waals surface area contributed by atoms with E-state index in [1.807, 2.05) is 37.3 Å². The standard InChI is InChI=1S/C21H22N2O3/c1-14-2-4-15(5-3-14)21(25)23-17-7-10-18(11-8-17)26-19-9-6-16(13-22)20(24)12-19/h2-6,9,12,17-18,24H,7-8,10-11H2,1H3,(H,23,25)/t17-,18-. The van der Waals surface area contributed by atoms with E-state index < -0.39 is 0 Å². The Morgan fingerprint density at radius 1 is 1.15 bits per heavy atom. The summed E-state index contributed by atoms with van der Waals surface area (Å²) in [5.74, 6) is 0.462. The molecule has 1 aliphatic carbocycles. The zero-order valence-corrected chi connectivity index (χ0v) is 14.7. The van der Waals surface area contributed by atoms with Gasteiger partial charge in [0.25, 0.3) is 5.91 Å². The molecular formula is C21H22N2O3. The van der Waals surface area contributed by atoms with Crippen molar-refractivity contribution in [1.29, 1.82) is 5.26 Å². The van der Waals surface area contributed by atoms with Crippen molar-refractivity contribution in [2.24, 2.45) is 0 Å². The van der Waals surface area contributed by atoms with Crippen molar-refractivity contribution in [1.82, 2.24) is 5.32 Å². The Bertz CT molecular complexity index is 816. The fraction of sp³-hybridized carbons (Fsp3) is 0.333. The molecule has 0 atom stereocenters. The largest absolute Gasteiger partial charge is 0.506 e. The fourth-order valence-electron chi connectivity index (χ4n) is 3.17. The van der Waals surface area contributed by atoms with Crippen LogP contribution in [0.5, 0.6) is 11.5 Å². The van der Waals surface area contributed by atoms with Crippen molar-refractivity contribution in [3.8, 4) is 17.6 Å². The number of hydrogen-bond acceptors (Lipinski definition) is 4. The second-order valence-electron chi connectivity index (χ2n) is 6.72. The summed E-state index contributed by atoms with van der Waals surface area (Å²) >= 11 is 0. The third-order valence-electron chi connectivity index (χ3n) is 4.72. The number of carbonyl (C=O) groups excluding carboxylic acids is 1. The highest BCUT2D eigenvalue weighted by molar-refractivity contribution is 5.94. The number of rotatable bonds is 4. The van der Waals surface area contributed by atoms with Crippen LogP contribution in [0.4, 0.5) is 0 Å². The van der Waals surface area contributed by atoms with Gasteiger partial charge in [-0.05, 0) is 56.9 Å². The highest BCUT2D eigenvalue weighted by atomic mass is 16.5. The SMILES string of the molecule is Cc1ccc(C(=O)N[C@H]2CC[C@H](Oc3ccc(C#N)c(O)c3)CC2)cc1. The number of amides is 1. The third kappa shape index (κ3) is 4.34. The average Bonchev–Trinajstić information content (AvgIpc) is 2.64. The van der Waals surface area contributed by atoms with Crippen LogP contribution in [0.25, 0.3) is 0 Å². The normalized spacial score (nSPS) is 19.4. The van der Waals surface area contributed by atoms with Gasteiger partial charge < -0.3 is 15.2 Å².